The Bertz CT molecular complexity index is 454. The summed E-state index contributed by atoms with van der Waals surface area (Å²) in [6, 6.07) is 0.801. The Hall–Kier alpha value is -1.30. The molecule has 100 valence electrons. The number of aliphatic carboxylic acids is 1. The Morgan fingerprint density at radius 3 is 2.50 bits per heavy atom. The van der Waals surface area contributed by atoms with Crippen LogP contribution in [0.3, 0.4) is 0 Å². The largest absolute Gasteiger partial charge is 0.480 e. The molecule has 1 atom stereocenters. The van der Waals surface area contributed by atoms with Crippen LogP contribution in [0.15, 0.2) is 16.7 Å². The van der Waals surface area contributed by atoms with Crippen LogP contribution in [0.4, 0.5) is 0 Å². The molecule has 0 saturated carbocycles. The van der Waals surface area contributed by atoms with E-state index >= 15 is 0 Å². The van der Waals surface area contributed by atoms with E-state index in [4.69, 9.17) is 5.11 Å². The summed E-state index contributed by atoms with van der Waals surface area (Å²) in [5.41, 5.74) is 0.428. The predicted octanol–water partition coefficient (Wildman–Crippen LogP) is 2.02. The standard InChI is InChI=1S/C12H17BrN2O3/c1-7(2)4-9(12(17)18)14-11(16)10-5-8(13)6-15(10)3/h5-7,9H,4H2,1-3H3,(H,14,16)(H,17,18)/t9-/m1/s1. The van der Waals surface area contributed by atoms with Gasteiger partial charge in [-0.05, 0) is 34.3 Å². The molecule has 1 aromatic rings. The van der Waals surface area contributed by atoms with Crippen LogP contribution in [0.1, 0.15) is 30.8 Å². The van der Waals surface area contributed by atoms with E-state index in [0.717, 1.165) is 4.47 Å². The molecule has 2 N–H and O–H groups in total. The van der Waals surface area contributed by atoms with Gasteiger partial charge in [0.2, 0.25) is 0 Å². The van der Waals surface area contributed by atoms with E-state index in [-0.39, 0.29) is 11.8 Å². The highest BCUT2D eigenvalue weighted by molar-refractivity contribution is 9.10. The van der Waals surface area contributed by atoms with Crippen molar-refractivity contribution in [1.82, 2.24) is 9.88 Å². The first kappa shape index (κ1) is 14.8. The first-order valence-electron chi connectivity index (χ1n) is 5.66. The number of rotatable bonds is 5. The Labute approximate surface area is 114 Å². The molecule has 0 spiro atoms. The molecular weight excluding hydrogens is 300 g/mol. The molecule has 0 aromatic carbocycles. The summed E-state index contributed by atoms with van der Waals surface area (Å²) in [4.78, 5) is 23.0. The zero-order valence-corrected chi connectivity index (χ0v) is 12.2. The van der Waals surface area contributed by atoms with E-state index in [1.54, 1.807) is 23.9 Å². The van der Waals surface area contributed by atoms with Crippen LogP contribution in [0, 0.1) is 5.92 Å². The molecule has 1 rings (SSSR count). The molecule has 0 bridgehead atoms. The first-order valence-corrected chi connectivity index (χ1v) is 6.46. The highest BCUT2D eigenvalue weighted by Gasteiger charge is 2.22. The molecule has 0 saturated heterocycles. The van der Waals surface area contributed by atoms with Gasteiger partial charge in [-0.15, -0.1) is 0 Å². The van der Waals surface area contributed by atoms with E-state index in [2.05, 4.69) is 21.2 Å². The van der Waals surface area contributed by atoms with E-state index in [0.29, 0.717) is 12.1 Å². The molecule has 0 unspecified atom stereocenters. The molecule has 1 aromatic heterocycles. The van der Waals surface area contributed by atoms with Gasteiger partial charge in [0, 0.05) is 17.7 Å². The van der Waals surface area contributed by atoms with Crippen LogP contribution in [-0.2, 0) is 11.8 Å². The normalized spacial score (nSPS) is 12.5. The molecule has 0 aliphatic heterocycles. The van der Waals surface area contributed by atoms with Crippen LogP contribution in [0.2, 0.25) is 0 Å². The van der Waals surface area contributed by atoms with Crippen LogP contribution in [0.25, 0.3) is 0 Å². The van der Waals surface area contributed by atoms with Crippen LogP contribution in [0.5, 0.6) is 0 Å². The molecular formula is C12H17BrN2O3. The fourth-order valence-corrected chi connectivity index (χ4v) is 2.20. The number of carboxylic acids is 1. The highest BCUT2D eigenvalue weighted by atomic mass is 79.9. The van der Waals surface area contributed by atoms with E-state index in [1.807, 2.05) is 13.8 Å². The van der Waals surface area contributed by atoms with Gasteiger partial charge in [0.15, 0.2) is 0 Å². The molecule has 1 heterocycles. The molecule has 6 heteroatoms. The summed E-state index contributed by atoms with van der Waals surface area (Å²) in [5, 5.41) is 11.6. The van der Waals surface area contributed by atoms with Crippen molar-refractivity contribution in [3.05, 3.63) is 22.4 Å². The summed E-state index contributed by atoms with van der Waals surface area (Å²) in [6.07, 6.45) is 2.15. The Morgan fingerprint density at radius 2 is 2.11 bits per heavy atom. The summed E-state index contributed by atoms with van der Waals surface area (Å²) in [7, 11) is 1.73. The third kappa shape index (κ3) is 3.87. The van der Waals surface area contributed by atoms with Gasteiger partial charge in [-0.25, -0.2) is 4.79 Å². The van der Waals surface area contributed by atoms with E-state index in [1.165, 1.54) is 0 Å². The third-order valence-electron chi connectivity index (χ3n) is 2.51. The third-order valence-corrected chi connectivity index (χ3v) is 2.95. The number of amides is 1. The number of halogens is 1. The Balaban J connectivity index is 2.78. The second-order valence-corrected chi connectivity index (χ2v) is 5.56. The fourth-order valence-electron chi connectivity index (χ4n) is 1.68. The van der Waals surface area contributed by atoms with Crippen molar-refractivity contribution in [1.29, 1.82) is 0 Å². The van der Waals surface area contributed by atoms with Crippen molar-refractivity contribution < 1.29 is 14.7 Å². The van der Waals surface area contributed by atoms with Gasteiger partial charge in [-0.2, -0.15) is 0 Å². The number of aromatic nitrogens is 1. The summed E-state index contributed by atoms with van der Waals surface area (Å²) >= 11 is 3.27. The zero-order valence-electron chi connectivity index (χ0n) is 10.6. The quantitative estimate of drug-likeness (QED) is 0.873. The lowest BCUT2D eigenvalue weighted by molar-refractivity contribution is -0.139. The van der Waals surface area contributed by atoms with Crippen LogP contribution in [-0.4, -0.2) is 27.6 Å². The summed E-state index contributed by atoms with van der Waals surface area (Å²) in [6.45, 7) is 3.84. The number of nitrogens with one attached hydrogen (secondary N) is 1. The van der Waals surface area contributed by atoms with Gasteiger partial charge >= 0.3 is 5.97 Å². The van der Waals surface area contributed by atoms with Gasteiger partial charge < -0.3 is 15.0 Å². The minimum absolute atomic E-state index is 0.201. The van der Waals surface area contributed by atoms with Crippen molar-refractivity contribution in [2.45, 2.75) is 26.3 Å². The van der Waals surface area contributed by atoms with Crippen LogP contribution < -0.4 is 5.32 Å². The Kier molecular flexibility index (Phi) is 4.95. The average molecular weight is 317 g/mol. The number of hydrogen-bond acceptors (Lipinski definition) is 2. The molecule has 0 aliphatic rings. The maximum Gasteiger partial charge on any atom is 0.326 e. The smallest absolute Gasteiger partial charge is 0.326 e. The van der Waals surface area contributed by atoms with Crippen molar-refractivity contribution in [3.63, 3.8) is 0 Å². The number of hydrogen-bond donors (Lipinski definition) is 2. The monoisotopic (exact) mass is 316 g/mol. The van der Waals surface area contributed by atoms with Crippen molar-refractivity contribution in [3.8, 4) is 0 Å². The molecule has 1 amide bonds. The number of carbonyl (C=O) groups excluding carboxylic acids is 1. The lowest BCUT2D eigenvalue weighted by Gasteiger charge is -2.16. The number of carboxylic acid groups (broad SMARTS) is 1. The topological polar surface area (TPSA) is 71.3 Å². The van der Waals surface area contributed by atoms with Gasteiger partial charge in [0.25, 0.3) is 5.91 Å². The second-order valence-electron chi connectivity index (χ2n) is 4.65. The van der Waals surface area contributed by atoms with Crippen LogP contribution >= 0.6 is 15.9 Å². The summed E-state index contributed by atoms with van der Waals surface area (Å²) < 4.78 is 2.43. The average Bonchev–Trinajstić information content (AvgIpc) is 2.56. The second kappa shape index (κ2) is 6.04. The molecule has 18 heavy (non-hydrogen) atoms. The SMILES string of the molecule is CC(C)C[C@@H](NC(=O)c1cc(Br)cn1C)C(=O)O. The van der Waals surface area contributed by atoms with Crippen molar-refractivity contribution in [2.24, 2.45) is 13.0 Å². The number of aryl methyl sites for hydroxylation is 1. The van der Waals surface area contributed by atoms with E-state index in [9.17, 15) is 9.59 Å². The van der Waals surface area contributed by atoms with Crippen molar-refractivity contribution >= 4 is 27.8 Å². The molecule has 0 radical (unpaired) electrons. The van der Waals surface area contributed by atoms with Gasteiger partial charge in [-0.3, -0.25) is 4.79 Å². The maximum absolute atomic E-state index is 12.0. The van der Waals surface area contributed by atoms with Crippen molar-refractivity contribution in [2.75, 3.05) is 0 Å². The molecule has 0 aliphatic carbocycles. The minimum Gasteiger partial charge on any atom is -0.480 e. The minimum atomic E-state index is -1.01. The lowest BCUT2D eigenvalue weighted by atomic mass is 10.0. The molecule has 5 nitrogen and oxygen atoms in total. The predicted molar refractivity (Wildman–Crippen MR) is 71.5 cm³/mol. The highest BCUT2D eigenvalue weighted by Crippen LogP contribution is 2.14. The number of carbonyl (C=O) groups is 2. The number of nitrogens with zero attached hydrogens (tertiary/aromatic N) is 1. The maximum atomic E-state index is 12.0. The lowest BCUT2D eigenvalue weighted by Crippen LogP contribution is -2.42. The first-order chi connectivity index (χ1) is 8.31. The van der Waals surface area contributed by atoms with Gasteiger partial charge in [-0.1, -0.05) is 13.8 Å². The van der Waals surface area contributed by atoms with E-state index < -0.39 is 12.0 Å². The Morgan fingerprint density at radius 1 is 1.50 bits per heavy atom. The fraction of sp³-hybridized carbons (Fsp3) is 0.500. The summed E-state index contributed by atoms with van der Waals surface area (Å²) in [5.74, 6) is -1.19. The van der Waals surface area contributed by atoms with Gasteiger partial charge in [0.1, 0.15) is 11.7 Å². The molecule has 0 fully saturated rings. The zero-order chi connectivity index (χ0) is 13.9. The van der Waals surface area contributed by atoms with Gasteiger partial charge in [0.05, 0.1) is 0 Å².